The highest BCUT2D eigenvalue weighted by atomic mass is 16.6. The largest absolute Gasteiger partial charge is 0.444 e. The Bertz CT molecular complexity index is 945. The van der Waals surface area contributed by atoms with Crippen molar-refractivity contribution in [3.63, 3.8) is 0 Å². The average molecular weight is 366 g/mol. The Morgan fingerprint density at radius 3 is 2.44 bits per heavy atom. The van der Waals surface area contributed by atoms with E-state index in [-0.39, 0.29) is 5.91 Å². The molecule has 3 aromatic rings. The normalized spacial score (nSPS) is 12.6. The number of benzene rings is 2. The molecule has 0 aliphatic rings. The second-order valence-corrected chi connectivity index (χ2v) is 7.22. The van der Waals surface area contributed by atoms with Gasteiger partial charge >= 0.3 is 6.09 Å². The molecule has 1 aromatic heterocycles. The first kappa shape index (κ1) is 18.6. The molecule has 1 heterocycles. The minimum absolute atomic E-state index is 0.313. The molecule has 1 atom stereocenters. The number of para-hydroxylation sites is 1. The zero-order valence-corrected chi connectivity index (χ0v) is 15.5. The van der Waals surface area contributed by atoms with Crippen LogP contribution < -0.4 is 5.32 Å². The Balaban J connectivity index is 1.88. The van der Waals surface area contributed by atoms with E-state index in [1.54, 1.807) is 32.9 Å². The molecule has 1 N–H and O–H groups in total. The predicted octanol–water partition coefficient (Wildman–Crippen LogP) is 3.21. The van der Waals surface area contributed by atoms with Crippen LogP contribution in [-0.4, -0.2) is 38.6 Å². The summed E-state index contributed by atoms with van der Waals surface area (Å²) < 4.78 is 6.54. The molecule has 1 unspecified atom stereocenters. The lowest BCUT2D eigenvalue weighted by Gasteiger charge is -2.23. The number of aromatic nitrogens is 3. The fraction of sp³-hybridized carbons (Fsp3) is 0.300. The Kier molecular flexibility index (Phi) is 5.21. The second-order valence-electron chi connectivity index (χ2n) is 7.22. The third kappa shape index (κ3) is 4.69. The van der Waals surface area contributed by atoms with Crippen LogP contribution in [0.2, 0.25) is 0 Å². The first-order chi connectivity index (χ1) is 12.8. The molecule has 140 valence electrons. The van der Waals surface area contributed by atoms with Gasteiger partial charge in [-0.3, -0.25) is 4.79 Å². The van der Waals surface area contributed by atoms with Gasteiger partial charge in [0.2, 0.25) is 0 Å². The molecular formula is C20H22N4O3. The Morgan fingerprint density at radius 1 is 1.07 bits per heavy atom. The van der Waals surface area contributed by atoms with Gasteiger partial charge in [0.1, 0.15) is 17.2 Å². The van der Waals surface area contributed by atoms with Crippen molar-refractivity contribution >= 4 is 23.0 Å². The van der Waals surface area contributed by atoms with Crippen molar-refractivity contribution in [3.05, 3.63) is 60.2 Å². The average Bonchev–Trinajstić information content (AvgIpc) is 3.04. The van der Waals surface area contributed by atoms with Crippen LogP contribution in [0.3, 0.4) is 0 Å². The van der Waals surface area contributed by atoms with Gasteiger partial charge in [0.15, 0.2) is 0 Å². The summed E-state index contributed by atoms with van der Waals surface area (Å²) in [6.45, 7) is 5.31. The van der Waals surface area contributed by atoms with E-state index < -0.39 is 17.7 Å². The lowest BCUT2D eigenvalue weighted by molar-refractivity contribution is 0.0480. The van der Waals surface area contributed by atoms with Crippen LogP contribution >= 0.6 is 0 Å². The monoisotopic (exact) mass is 366 g/mol. The molecule has 7 nitrogen and oxygen atoms in total. The van der Waals surface area contributed by atoms with Crippen molar-refractivity contribution in [2.24, 2.45) is 0 Å². The third-order valence-electron chi connectivity index (χ3n) is 3.83. The molecule has 27 heavy (non-hydrogen) atoms. The van der Waals surface area contributed by atoms with E-state index in [1.165, 1.54) is 4.68 Å². The van der Waals surface area contributed by atoms with Crippen LogP contribution in [-0.2, 0) is 11.2 Å². The number of hydrogen-bond donors (Lipinski definition) is 1. The minimum Gasteiger partial charge on any atom is -0.444 e. The van der Waals surface area contributed by atoms with Gasteiger partial charge in [-0.05, 0) is 38.5 Å². The molecule has 1 amide bonds. The maximum atomic E-state index is 13.1. The Labute approximate surface area is 157 Å². The summed E-state index contributed by atoms with van der Waals surface area (Å²) in [5, 5.41) is 10.7. The van der Waals surface area contributed by atoms with Gasteiger partial charge in [0.25, 0.3) is 5.91 Å². The van der Waals surface area contributed by atoms with Crippen molar-refractivity contribution in [1.82, 2.24) is 20.3 Å². The molecule has 0 bridgehead atoms. The molecule has 0 aliphatic carbocycles. The van der Waals surface area contributed by atoms with Crippen LogP contribution in [0.25, 0.3) is 11.0 Å². The van der Waals surface area contributed by atoms with Crippen molar-refractivity contribution in [3.8, 4) is 0 Å². The van der Waals surface area contributed by atoms with Crippen molar-refractivity contribution in [2.75, 3.05) is 0 Å². The molecule has 0 aliphatic heterocycles. The van der Waals surface area contributed by atoms with E-state index in [9.17, 15) is 9.59 Å². The number of alkyl carbamates (subject to hydrolysis) is 1. The van der Waals surface area contributed by atoms with E-state index in [0.29, 0.717) is 17.5 Å². The van der Waals surface area contributed by atoms with Gasteiger partial charge < -0.3 is 10.1 Å². The minimum atomic E-state index is -0.840. The highest BCUT2D eigenvalue weighted by Crippen LogP contribution is 2.13. The summed E-state index contributed by atoms with van der Waals surface area (Å²) in [6, 6.07) is 15.8. The second kappa shape index (κ2) is 7.57. The van der Waals surface area contributed by atoms with Crippen LogP contribution in [0, 0.1) is 0 Å². The molecule has 3 rings (SSSR count). The number of nitrogens with one attached hydrogen (secondary N) is 1. The number of hydrogen-bond acceptors (Lipinski definition) is 5. The quantitative estimate of drug-likeness (QED) is 0.766. The molecule has 0 radical (unpaired) electrons. The zero-order valence-electron chi connectivity index (χ0n) is 15.5. The van der Waals surface area contributed by atoms with E-state index in [1.807, 2.05) is 42.5 Å². The van der Waals surface area contributed by atoms with Crippen LogP contribution in [0.15, 0.2) is 54.6 Å². The molecular weight excluding hydrogens is 344 g/mol. The first-order valence-electron chi connectivity index (χ1n) is 8.71. The van der Waals surface area contributed by atoms with Crippen LogP contribution in [0.1, 0.15) is 31.1 Å². The number of fused-ring (bicyclic) bond motifs is 1. The number of carbonyl (C=O) groups is 2. The number of amides is 1. The molecule has 0 saturated heterocycles. The van der Waals surface area contributed by atoms with E-state index >= 15 is 0 Å². The standard InChI is InChI=1S/C20H22N4O3/c1-20(2,3)27-19(26)21-16(13-14-9-5-4-6-10-14)18(25)24-17-12-8-7-11-15(17)22-23-24/h4-12,16H,13H2,1-3H3,(H,21,26). The zero-order chi connectivity index (χ0) is 19.4. The van der Waals surface area contributed by atoms with Crippen molar-refractivity contribution in [2.45, 2.75) is 38.8 Å². The van der Waals surface area contributed by atoms with E-state index in [4.69, 9.17) is 4.74 Å². The molecule has 7 heteroatoms. The summed E-state index contributed by atoms with van der Waals surface area (Å²) in [5.41, 5.74) is 1.45. The number of carbonyl (C=O) groups excluding carboxylic acids is 2. The lowest BCUT2D eigenvalue weighted by atomic mass is 10.1. The highest BCUT2D eigenvalue weighted by molar-refractivity contribution is 5.93. The van der Waals surface area contributed by atoms with E-state index in [0.717, 1.165) is 5.56 Å². The predicted molar refractivity (Wildman–Crippen MR) is 101 cm³/mol. The third-order valence-corrected chi connectivity index (χ3v) is 3.83. The molecule has 0 fully saturated rings. The van der Waals surface area contributed by atoms with Crippen molar-refractivity contribution in [1.29, 1.82) is 0 Å². The molecule has 0 spiro atoms. The van der Waals surface area contributed by atoms with E-state index in [2.05, 4.69) is 15.6 Å². The topological polar surface area (TPSA) is 86.1 Å². The fourth-order valence-electron chi connectivity index (χ4n) is 2.68. The summed E-state index contributed by atoms with van der Waals surface area (Å²) in [6.07, 6.45) is -0.339. The van der Waals surface area contributed by atoms with Gasteiger partial charge in [-0.15, -0.1) is 5.10 Å². The fourth-order valence-corrected chi connectivity index (χ4v) is 2.68. The lowest BCUT2D eigenvalue weighted by Crippen LogP contribution is -2.46. The summed E-state index contributed by atoms with van der Waals surface area (Å²) >= 11 is 0. The highest BCUT2D eigenvalue weighted by Gasteiger charge is 2.27. The van der Waals surface area contributed by atoms with Gasteiger partial charge in [-0.1, -0.05) is 47.7 Å². The molecule has 2 aromatic carbocycles. The number of rotatable bonds is 4. The Morgan fingerprint density at radius 2 is 1.74 bits per heavy atom. The number of ether oxygens (including phenoxy) is 1. The van der Waals surface area contributed by atoms with Gasteiger partial charge in [-0.25, -0.2) is 4.79 Å². The van der Waals surface area contributed by atoms with Crippen molar-refractivity contribution < 1.29 is 14.3 Å². The van der Waals surface area contributed by atoms with Gasteiger partial charge in [0, 0.05) is 6.42 Å². The summed E-state index contributed by atoms with van der Waals surface area (Å²) in [7, 11) is 0. The van der Waals surface area contributed by atoms with Crippen LogP contribution in [0.5, 0.6) is 0 Å². The SMILES string of the molecule is CC(C)(C)OC(=O)NC(Cc1ccccc1)C(=O)n1nnc2ccccc21. The summed E-state index contributed by atoms with van der Waals surface area (Å²) in [5.74, 6) is -0.376. The smallest absolute Gasteiger partial charge is 0.408 e. The van der Waals surface area contributed by atoms with Crippen LogP contribution in [0.4, 0.5) is 4.79 Å². The maximum absolute atomic E-state index is 13.1. The Hall–Kier alpha value is -3.22. The molecule has 0 saturated carbocycles. The maximum Gasteiger partial charge on any atom is 0.408 e. The first-order valence-corrected chi connectivity index (χ1v) is 8.71. The summed E-state index contributed by atoms with van der Waals surface area (Å²) in [4.78, 5) is 25.4. The number of nitrogens with zero attached hydrogens (tertiary/aromatic N) is 3. The van der Waals surface area contributed by atoms with Gasteiger partial charge in [0.05, 0.1) is 5.52 Å². The van der Waals surface area contributed by atoms with Gasteiger partial charge in [-0.2, -0.15) is 4.68 Å².